The second kappa shape index (κ2) is 11.5. The third-order valence-corrected chi connectivity index (χ3v) is 11.5. The molecule has 0 aliphatic heterocycles. The Morgan fingerprint density at radius 1 is 0.788 bits per heavy atom. The Kier molecular flexibility index (Phi) is 8.75. The summed E-state index contributed by atoms with van der Waals surface area (Å²) in [5.41, 5.74) is 2.92. The third-order valence-electron chi connectivity index (χ3n) is 7.58. The topological polar surface area (TPSA) is 18.5 Å². The molecular formula is C30H45O2P. The van der Waals surface area contributed by atoms with Crippen LogP contribution in [0.15, 0.2) is 48.6 Å². The average molecular weight is 469 g/mol. The van der Waals surface area contributed by atoms with Gasteiger partial charge in [0.25, 0.3) is 0 Å². The Balaban J connectivity index is 1.83. The Morgan fingerprint density at radius 2 is 1.39 bits per heavy atom. The fourth-order valence-electron chi connectivity index (χ4n) is 6.42. The lowest BCUT2D eigenvalue weighted by Crippen LogP contribution is -2.44. The maximum Gasteiger partial charge on any atom is 0.123 e. The molecule has 3 heteroatoms. The fraction of sp³-hybridized carbons (Fsp3) is 0.667. The van der Waals surface area contributed by atoms with Crippen LogP contribution in [0.4, 0.5) is 0 Å². The van der Waals surface area contributed by atoms with Crippen LogP contribution in [0.25, 0.3) is 0 Å². The van der Waals surface area contributed by atoms with Crippen molar-refractivity contribution in [3.05, 3.63) is 54.1 Å². The lowest BCUT2D eigenvalue weighted by Gasteiger charge is -2.53. The summed E-state index contributed by atoms with van der Waals surface area (Å²) in [4.78, 5) is 0. The van der Waals surface area contributed by atoms with E-state index in [1.165, 1.54) is 69.8 Å². The molecule has 33 heavy (non-hydrogen) atoms. The first-order valence-corrected chi connectivity index (χ1v) is 15.1. The predicted molar refractivity (Wildman–Crippen MR) is 143 cm³/mol. The monoisotopic (exact) mass is 468 g/mol. The Hall–Kier alpha value is -1.11. The highest BCUT2D eigenvalue weighted by atomic mass is 31.1. The highest BCUT2D eigenvalue weighted by Crippen LogP contribution is 2.69. The van der Waals surface area contributed by atoms with E-state index in [0.29, 0.717) is 0 Å². The molecule has 0 amide bonds. The van der Waals surface area contributed by atoms with Gasteiger partial charge < -0.3 is 9.47 Å². The summed E-state index contributed by atoms with van der Waals surface area (Å²) in [5, 5.41) is -0.251. The zero-order valence-corrected chi connectivity index (χ0v) is 22.2. The zero-order valence-electron chi connectivity index (χ0n) is 21.3. The molecule has 2 nitrogen and oxygen atoms in total. The molecule has 0 radical (unpaired) electrons. The predicted octanol–water partition coefficient (Wildman–Crippen LogP) is 8.95. The zero-order chi connectivity index (χ0) is 23.3. The van der Waals surface area contributed by atoms with Crippen molar-refractivity contribution in [2.75, 3.05) is 0 Å². The largest absolute Gasteiger partial charge is 0.491 e. The lowest BCUT2D eigenvalue weighted by molar-refractivity contribution is -0.00258. The van der Waals surface area contributed by atoms with Crippen molar-refractivity contribution in [1.82, 2.24) is 0 Å². The molecule has 0 spiro atoms. The molecule has 0 saturated heterocycles. The van der Waals surface area contributed by atoms with E-state index in [9.17, 15) is 0 Å². The van der Waals surface area contributed by atoms with E-state index in [1.807, 2.05) is 0 Å². The molecule has 2 saturated carbocycles. The minimum atomic E-state index is -0.343. The number of hydrogen-bond donors (Lipinski definition) is 0. The first-order chi connectivity index (χ1) is 16.0. The van der Waals surface area contributed by atoms with Gasteiger partial charge in [-0.1, -0.05) is 82.9 Å². The number of benzene rings is 1. The number of allylic oxidation sites excluding steroid dienone is 2. The van der Waals surface area contributed by atoms with Crippen molar-refractivity contribution in [1.29, 1.82) is 0 Å². The molecule has 1 aromatic rings. The first-order valence-electron chi connectivity index (χ1n) is 13.6. The van der Waals surface area contributed by atoms with Crippen molar-refractivity contribution in [2.45, 2.75) is 127 Å². The molecule has 0 bridgehead atoms. The highest BCUT2D eigenvalue weighted by Gasteiger charge is 2.52. The quantitative estimate of drug-likeness (QED) is 0.354. The maximum absolute atomic E-state index is 7.21. The highest BCUT2D eigenvalue weighted by molar-refractivity contribution is 7.61. The summed E-state index contributed by atoms with van der Waals surface area (Å²) in [6.45, 7) is 8.72. The molecule has 0 N–H and O–H groups in total. The summed E-state index contributed by atoms with van der Waals surface area (Å²) in [7, 11) is -0.343. The maximum atomic E-state index is 7.21. The SMILES string of the molecule is CC(C)Oc1ccccc1C1C=CC=CC1(OC(C)C)P(C1CCCCC1)C1CCCCC1. The van der Waals surface area contributed by atoms with Gasteiger partial charge in [-0.2, -0.15) is 0 Å². The van der Waals surface area contributed by atoms with Crippen LogP contribution in [0, 0.1) is 0 Å². The normalized spacial score (nSPS) is 27.1. The summed E-state index contributed by atoms with van der Waals surface area (Å²) in [5.74, 6) is 1.23. The van der Waals surface area contributed by atoms with Crippen LogP contribution in [-0.2, 0) is 4.74 Å². The minimum absolute atomic E-state index is 0.160. The van der Waals surface area contributed by atoms with Crippen LogP contribution in [-0.4, -0.2) is 28.9 Å². The lowest BCUT2D eigenvalue weighted by atomic mass is 9.88. The molecule has 182 valence electrons. The molecule has 1 aromatic carbocycles. The van der Waals surface area contributed by atoms with Crippen molar-refractivity contribution in [3.8, 4) is 5.75 Å². The van der Waals surface area contributed by atoms with Crippen molar-refractivity contribution >= 4 is 7.92 Å². The van der Waals surface area contributed by atoms with Crippen molar-refractivity contribution in [2.24, 2.45) is 0 Å². The van der Waals surface area contributed by atoms with E-state index in [2.05, 4.69) is 76.3 Å². The van der Waals surface area contributed by atoms with Gasteiger partial charge in [0, 0.05) is 11.5 Å². The van der Waals surface area contributed by atoms with Gasteiger partial charge in [-0.15, -0.1) is 0 Å². The molecule has 0 aromatic heterocycles. The van der Waals surface area contributed by atoms with Gasteiger partial charge in [-0.3, -0.25) is 0 Å². The third kappa shape index (κ3) is 5.76. The summed E-state index contributed by atoms with van der Waals surface area (Å²) < 4.78 is 13.6. The van der Waals surface area contributed by atoms with E-state index in [-0.39, 0.29) is 31.4 Å². The van der Waals surface area contributed by atoms with E-state index in [4.69, 9.17) is 9.47 Å². The molecule has 3 aliphatic rings. The first kappa shape index (κ1) is 25.0. The minimum Gasteiger partial charge on any atom is -0.491 e. The van der Waals surface area contributed by atoms with Crippen LogP contribution >= 0.6 is 7.92 Å². The Morgan fingerprint density at radius 3 is 1.97 bits per heavy atom. The summed E-state index contributed by atoms with van der Waals surface area (Å²) in [6.07, 6.45) is 23.7. The molecule has 2 unspecified atom stereocenters. The Bertz CT molecular complexity index is 783. The molecule has 2 atom stereocenters. The van der Waals surface area contributed by atoms with E-state index >= 15 is 0 Å². The summed E-state index contributed by atoms with van der Waals surface area (Å²) in [6, 6.07) is 8.74. The molecule has 0 heterocycles. The van der Waals surface area contributed by atoms with Crippen LogP contribution in [0.5, 0.6) is 5.75 Å². The molecule has 2 fully saturated rings. The van der Waals surface area contributed by atoms with Crippen LogP contribution in [0.1, 0.15) is 103 Å². The second-order valence-electron chi connectivity index (χ2n) is 10.8. The van der Waals surface area contributed by atoms with E-state index in [0.717, 1.165) is 17.1 Å². The molecular weight excluding hydrogens is 423 g/mol. The van der Waals surface area contributed by atoms with Gasteiger partial charge in [0.15, 0.2) is 0 Å². The number of hydrogen-bond acceptors (Lipinski definition) is 2. The van der Waals surface area contributed by atoms with Crippen molar-refractivity contribution in [3.63, 3.8) is 0 Å². The van der Waals surface area contributed by atoms with E-state index in [1.54, 1.807) is 0 Å². The van der Waals surface area contributed by atoms with Crippen LogP contribution in [0.2, 0.25) is 0 Å². The van der Waals surface area contributed by atoms with E-state index < -0.39 is 0 Å². The average Bonchev–Trinajstić information content (AvgIpc) is 2.81. The van der Waals surface area contributed by atoms with Gasteiger partial charge in [-0.05, 0) is 76.8 Å². The fourth-order valence-corrected chi connectivity index (χ4v) is 11.1. The number of para-hydroxylation sites is 1. The Labute approximate surface area is 204 Å². The van der Waals surface area contributed by atoms with Gasteiger partial charge in [0.05, 0.1) is 12.2 Å². The molecule has 3 aliphatic carbocycles. The van der Waals surface area contributed by atoms with Gasteiger partial charge in [0.1, 0.15) is 11.1 Å². The summed E-state index contributed by atoms with van der Waals surface area (Å²) >= 11 is 0. The second-order valence-corrected chi connectivity index (χ2v) is 13.8. The van der Waals surface area contributed by atoms with Gasteiger partial charge in [-0.25, -0.2) is 0 Å². The van der Waals surface area contributed by atoms with Crippen LogP contribution in [0.3, 0.4) is 0 Å². The standard InChI is InChI=1S/C30H45O2P/c1-23(2)31-29-21-12-11-19-27(29)28-20-13-14-22-30(28,32-24(3)4)33(25-15-7-5-8-16-25)26-17-9-6-10-18-26/h11-14,19-26,28H,5-10,15-18H2,1-4H3. The number of rotatable bonds is 8. The van der Waals surface area contributed by atoms with Crippen molar-refractivity contribution < 1.29 is 9.47 Å². The smallest absolute Gasteiger partial charge is 0.123 e. The van der Waals surface area contributed by atoms with Gasteiger partial charge >= 0.3 is 0 Å². The number of ether oxygens (including phenoxy) is 2. The van der Waals surface area contributed by atoms with Gasteiger partial charge in [0.2, 0.25) is 0 Å². The van der Waals surface area contributed by atoms with Crippen LogP contribution < -0.4 is 4.74 Å². The molecule has 4 rings (SSSR count).